The van der Waals surface area contributed by atoms with Crippen LogP contribution in [0.4, 0.5) is 0 Å². The average Bonchev–Trinajstić information content (AvgIpc) is 2.72. The highest BCUT2D eigenvalue weighted by Gasteiger charge is 2.27. The van der Waals surface area contributed by atoms with Gasteiger partial charge in [-0.1, -0.05) is 0 Å². The number of hydrogen-bond donors (Lipinski definition) is 1. The first kappa shape index (κ1) is 21.5. The normalized spacial score (nSPS) is 23.9. The second-order valence-corrected chi connectivity index (χ2v) is 8.64. The quantitative estimate of drug-likeness (QED) is 0.491. The summed E-state index contributed by atoms with van der Waals surface area (Å²) in [6.45, 7) is 6.93. The molecule has 0 atom stereocenters. The largest absolute Gasteiger partial charge is 0.465 e. The molecule has 0 aromatic carbocycles. The number of hydrogen-bond acceptors (Lipinski definition) is 6. The van der Waals surface area contributed by atoms with Crippen LogP contribution in [0.15, 0.2) is 0 Å². The molecule has 3 rings (SSSR count). The Morgan fingerprint density at radius 1 is 1.07 bits per heavy atom. The van der Waals surface area contributed by atoms with Crippen LogP contribution in [-0.2, 0) is 14.3 Å². The van der Waals surface area contributed by atoms with Crippen LogP contribution < -0.4 is 5.32 Å². The number of nitrogens with one attached hydrogen (secondary N) is 1. The molecule has 0 radical (unpaired) electrons. The van der Waals surface area contributed by atoms with Crippen molar-refractivity contribution < 1.29 is 14.3 Å². The zero-order valence-corrected chi connectivity index (χ0v) is 17.5. The zero-order valence-electron chi connectivity index (χ0n) is 17.5. The molecule has 3 aliphatic rings. The SMILES string of the molecule is CN1CCC(N2CCC(NCC(=O)OCCCN3CCCCC3=O)CC2)CC1. The molecular formula is C21H38N4O3. The summed E-state index contributed by atoms with van der Waals surface area (Å²) in [6, 6.07) is 1.16. The Kier molecular flexibility index (Phi) is 8.55. The van der Waals surface area contributed by atoms with Crippen molar-refractivity contribution in [3.63, 3.8) is 0 Å². The molecule has 3 heterocycles. The van der Waals surface area contributed by atoms with Crippen molar-refractivity contribution in [1.29, 1.82) is 0 Å². The third-order valence-corrected chi connectivity index (χ3v) is 6.53. The summed E-state index contributed by atoms with van der Waals surface area (Å²) in [6.07, 6.45) is 8.27. The van der Waals surface area contributed by atoms with Crippen molar-refractivity contribution in [2.24, 2.45) is 0 Å². The minimum Gasteiger partial charge on any atom is -0.465 e. The Morgan fingerprint density at radius 2 is 1.82 bits per heavy atom. The second-order valence-electron chi connectivity index (χ2n) is 8.64. The van der Waals surface area contributed by atoms with E-state index in [1.54, 1.807) is 0 Å². The maximum absolute atomic E-state index is 12.0. The zero-order chi connectivity index (χ0) is 19.8. The molecule has 0 unspecified atom stereocenters. The fraction of sp³-hybridized carbons (Fsp3) is 0.905. The first-order valence-corrected chi connectivity index (χ1v) is 11.2. The Bertz CT molecular complexity index is 500. The molecule has 0 aromatic heterocycles. The van der Waals surface area contributed by atoms with Crippen LogP contribution in [0.5, 0.6) is 0 Å². The predicted octanol–water partition coefficient (Wildman–Crippen LogP) is 1.08. The van der Waals surface area contributed by atoms with Crippen molar-refractivity contribution in [2.45, 2.75) is 63.5 Å². The van der Waals surface area contributed by atoms with Crippen LogP contribution in [0.1, 0.15) is 51.4 Å². The van der Waals surface area contributed by atoms with Crippen molar-refractivity contribution >= 4 is 11.9 Å². The van der Waals surface area contributed by atoms with Gasteiger partial charge in [-0.3, -0.25) is 9.59 Å². The fourth-order valence-corrected chi connectivity index (χ4v) is 4.65. The molecule has 1 amide bonds. The molecule has 160 valence electrons. The Hall–Kier alpha value is -1.18. The van der Waals surface area contributed by atoms with E-state index in [0.717, 1.165) is 57.8 Å². The number of carbonyl (C=O) groups is 2. The maximum Gasteiger partial charge on any atom is 0.319 e. The van der Waals surface area contributed by atoms with E-state index in [1.165, 1.54) is 25.9 Å². The van der Waals surface area contributed by atoms with Gasteiger partial charge in [0.25, 0.3) is 0 Å². The third-order valence-electron chi connectivity index (χ3n) is 6.53. The van der Waals surface area contributed by atoms with Crippen LogP contribution in [0.25, 0.3) is 0 Å². The lowest BCUT2D eigenvalue weighted by molar-refractivity contribution is -0.143. The summed E-state index contributed by atoms with van der Waals surface area (Å²) in [5, 5.41) is 3.38. The second kappa shape index (κ2) is 11.1. The smallest absolute Gasteiger partial charge is 0.319 e. The summed E-state index contributed by atoms with van der Waals surface area (Å²) in [5.74, 6) is 0.0635. The van der Waals surface area contributed by atoms with E-state index in [1.807, 2.05) is 4.90 Å². The number of carbonyl (C=O) groups excluding carboxylic acids is 2. The van der Waals surface area contributed by atoms with Crippen LogP contribution >= 0.6 is 0 Å². The van der Waals surface area contributed by atoms with Gasteiger partial charge in [-0.25, -0.2) is 0 Å². The number of rotatable bonds is 8. The van der Waals surface area contributed by atoms with Gasteiger partial charge >= 0.3 is 5.97 Å². The number of amides is 1. The average molecular weight is 395 g/mol. The maximum atomic E-state index is 12.0. The lowest BCUT2D eigenvalue weighted by Gasteiger charge is -2.41. The van der Waals surface area contributed by atoms with E-state index >= 15 is 0 Å². The van der Waals surface area contributed by atoms with Crippen LogP contribution in [-0.4, -0.2) is 98.1 Å². The number of esters is 1. The van der Waals surface area contributed by atoms with Gasteiger partial charge in [0, 0.05) is 31.6 Å². The van der Waals surface area contributed by atoms with E-state index in [4.69, 9.17) is 4.74 Å². The van der Waals surface area contributed by atoms with Crippen LogP contribution in [0, 0.1) is 0 Å². The Morgan fingerprint density at radius 3 is 2.54 bits per heavy atom. The van der Waals surface area contributed by atoms with Gasteiger partial charge in [0.05, 0.1) is 13.2 Å². The number of piperidine rings is 3. The predicted molar refractivity (Wildman–Crippen MR) is 109 cm³/mol. The molecule has 0 saturated carbocycles. The van der Waals surface area contributed by atoms with E-state index in [0.29, 0.717) is 32.2 Å². The molecule has 0 aromatic rings. The minimum absolute atomic E-state index is 0.178. The minimum atomic E-state index is -0.178. The molecule has 3 fully saturated rings. The first-order chi connectivity index (χ1) is 13.6. The van der Waals surface area contributed by atoms with Gasteiger partial charge in [-0.2, -0.15) is 0 Å². The summed E-state index contributed by atoms with van der Waals surface area (Å²) in [7, 11) is 2.21. The molecule has 1 N–H and O–H groups in total. The standard InChI is InChI=1S/C21H38N4O3/c1-23-12-8-19(9-13-23)24-14-6-18(7-15-24)22-17-21(27)28-16-4-11-25-10-3-2-5-20(25)26/h18-19,22H,2-17H2,1H3. The van der Waals surface area contributed by atoms with E-state index in [2.05, 4.69) is 22.2 Å². The highest BCUT2D eigenvalue weighted by Crippen LogP contribution is 2.20. The number of likely N-dealkylation sites (tertiary alicyclic amines) is 3. The van der Waals surface area contributed by atoms with E-state index in [-0.39, 0.29) is 11.9 Å². The Balaban J connectivity index is 1.22. The van der Waals surface area contributed by atoms with Crippen molar-refractivity contribution in [3.05, 3.63) is 0 Å². The number of ether oxygens (including phenoxy) is 1. The molecule has 3 aliphatic heterocycles. The first-order valence-electron chi connectivity index (χ1n) is 11.2. The lowest BCUT2D eigenvalue weighted by Crippen LogP contribution is -2.50. The summed E-state index contributed by atoms with van der Waals surface area (Å²) >= 11 is 0. The van der Waals surface area contributed by atoms with Gasteiger partial charge in [0.2, 0.25) is 5.91 Å². The molecule has 0 bridgehead atoms. The Labute approximate surface area is 169 Å². The van der Waals surface area contributed by atoms with Gasteiger partial charge in [0.1, 0.15) is 0 Å². The highest BCUT2D eigenvalue weighted by atomic mass is 16.5. The van der Waals surface area contributed by atoms with E-state index < -0.39 is 0 Å². The molecular weight excluding hydrogens is 356 g/mol. The summed E-state index contributed by atoms with van der Waals surface area (Å²) < 4.78 is 5.33. The van der Waals surface area contributed by atoms with E-state index in [9.17, 15) is 9.59 Å². The van der Waals surface area contributed by atoms with Gasteiger partial charge < -0.3 is 24.8 Å². The van der Waals surface area contributed by atoms with Crippen LogP contribution in [0.2, 0.25) is 0 Å². The van der Waals surface area contributed by atoms with Gasteiger partial charge in [-0.15, -0.1) is 0 Å². The lowest BCUT2D eigenvalue weighted by atomic mass is 9.98. The topological polar surface area (TPSA) is 65.1 Å². The third kappa shape index (κ3) is 6.71. The highest BCUT2D eigenvalue weighted by molar-refractivity contribution is 5.76. The molecule has 0 aliphatic carbocycles. The van der Waals surface area contributed by atoms with Crippen molar-refractivity contribution in [2.75, 3.05) is 59.5 Å². The summed E-state index contributed by atoms with van der Waals surface area (Å²) in [5.41, 5.74) is 0. The van der Waals surface area contributed by atoms with Gasteiger partial charge in [-0.05, 0) is 78.2 Å². The number of nitrogens with zero attached hydrogens (tertiary/aromatic N) is 3. The molecule has 7 nitrogen and oxygen atoms in total. The van der Waals surface area contributed by atoms with Crippen molar-refractivity contribution in [3.8, 4) is 0 Å². The fourth-order valence-electron chi connectivity index (χ4n) is 4.65. The molecule has 3 saturated heterocycles. The summed E-state index contributed by atoms with van der Waals surface area (Å²) in [4.78, 5) is 30.7. The van der Waals surface area contributed by atoms with Crippen molar-refractivity contribution in [1.82, 2.24) is 20.0 Å². The molecule has 28 heavy (non-hydrogen) atoms. The molecule has 7 heteroatoms. The molecule has 0 spiro atoms. The monoisotopic (exact) mass is 394 g/mol. The van der Waals surface area contributed by atoms with Gasteiger partial charge in [0.15, 0.2) is 0 Å². The van der Waals surface area contributed by atoms with Crippen LogP contribution in [0.3, 0.4) is 0 Å².